The van der Waals surface area contributed by atoms with Crippen molar-refractivity contribution >= 4 is 35.0 Å². The van der Waals surface area contributed by atoms with Crippen LogP contribution in [0.1, 0.15) is 23.4 Å². The first-order chi connectivity index (χ1) is 17.4. The molecule has 9 heteroatoms. The van der Waals surface area contributed by atoms with Crippen molar-refractivity contribution in [3.63, 3.8) is 0 Å². The lowest BCUT2D eigenvalue weighted by Crippen LogP contribution is -2.51. The molecule has 4 heterocycles. The summed E-state index contributed by atoms with van der Waals surface area (Å²) in [7, 11) is 0. The molecule has 5 rings (SSSR count). The summed E-state index contributed by atoms with van der Waals surface area (Å²) in [5.74, 6) is 2.69. The van der Waals surface area contributed by atoms with E-state index in [2.05, 4.69) is 25.2 Å². The minimum absolute atomic E-state index is 0.00966. The highest BCUT2D eigenvalue weighted by Crippen LogP contribution is 2.27. The number of piperazine rings is 1. The highest BCUT2D eigenvalue weighted by Gasteiger charge is 2.38. The molecule has 0 spiro atoms. The van der Waals surface area contributed by atoms with Gasteiger partial charge in [-0.3, -0.25) is 9.59 Å². The summed E-state index contributed by atoms with van der Waals surface area (Å²) in [6, 6.07) is 13.7. The van der Waals surface area contributed by atoms with Gasteiger partial charge in [-0.15, -0.1) is 0 Å². The maximum absolute atomic E-state index is 13.2. The molecule has 2 amide bonds. The maximum Gasteiger partial charge on any atom is 0.228 e. The van der Waals surface area contributed by atoms with Crippen LogP contribution < -0.4 is 15.1 Å². The van der Waals surface area contributed by atoms with Crippen molar-refractivity contribution in [2.24, 2.45) is 5.92 Å². The second-order valence-electron chi connectivity index (χ2n) is 9.56. The zero-order chi connectivity index (χ0) is 25.2. The van der Waals surface area contributed by atoms with Crippen LogP contribution in [0.25, 0.3) is 0 Å². The van der Waals surface area contributed by atoms with E-state index in [0.717, 1.165) is 28.5 Å². The molecule has 0 bridgehead atoms. The maximum atomic E-state index is 13.2. The number of anilines is 4. The predicted octanol–water partition coefficient (Wildman–Crippen LogP) is 3.24. The van der Waals surface area contributed by atoms with E-state index in [4.69, 9.17) is 0 Å². The number of amides is 2. The van der Waals surface area contributed by atoms with Gasteiger partial charge in [0.25, 0.3) is 0 Å². The van der Waals surface area contributed by atoms with Gasteiger partial charge >= 0.3 is 0 Å². The molecule has 1 unspecified atom stereocenters. The molecule has 36 heavy (non-hydrogen) atoms. The third-order valence-corrected chi connectivity index (χ3v) is 6.73. The molecular weight excluding hydrogens is 454 g/mol. The third kappa shape index (κ3) is 5.15. The normalized spacial score (nSPS) is 18.0. The lowest BCUT2D eigenvalue weighted by atomic mass is 10.1. The standard InChI is InChI=1S/C27H31N7O2/c1-18-4-6-22(7-5-18)34-17-21(15-26(34)35)27(36)33-12-10-32(11-13-33)25-16-24(29-20(3)30-25)31-23-14-19(2)8-9-28-23/h4-9,14,16,21H,10-13,15,17H2,1-3H3,(H,28,29,30,31). The lowest BCUT2D eigenvalue weighted by Gasteiger charge is -2.36. The second kappa shape index (κ2) is 9.93. The Labute approximate surface area is 211 Å². The summed E-state index contributed by atoms with van der Waals surface area (Å²) in [5, 5.41) is 3.26. The molecule has 1 atom stereocenters. The Morgan fingerprint density at radius 2 is 1.67 bits per heavy atom. The van der Waals surface area contributed by atoms with E-state index in [-0.39, 0.29) is 24.2 Å². The SMILES string of the molecule is Cc1ccc(N2CC(C(=O)N3CCN(c4cc(Nc5cc(C)ccn5)nc(C)n4)CC3)CC2=O)cc1. The van der Waals surface area contributed by atoms with Crippen molar-refractivity contribution in [1.29, 1.82) is 0 Å². The third-order valence-electron chi connectivity index (χ3n) is 6.73. The number of pyridine rings is 1. The van der Waals surface area contributed by atoms with Crippen LogP contribution in [0.3, 0.4) is 0 Å². The number of aromatic nitrogens is 3. The van der Waals surface area contributed by atoms with Gasteiger partial charge in [-0.2, -0.15) is 0 Å². The molecule has 2 aliphatic heterocycles. The van der Waals surface area contributed by atoms with Gasteiger partial charge in [0, 0.05) is 57.1 Å². The highest BCUT2D eigenvalue weighted by molar-refractivity contribution is 6.00. The number of nitrogens with zero attached hydrogens (tertiary/aromatic N) is 6. The summed E-state index contributed by atoms with van der Waals surface area (Å²) in [4.78, 5) is 45.1. The Kier molecular flexibility index (Phi) is 6.54. The molecule has 2 saturated heterocycles. The average Bonchev–Trinajstić information content (AvgIpc) is 3.25. The molecular formula is C27H31N7O2. The van der Waals surface area contributed by atoms with E-state index in [0.29, 0.717) is 44.4 Å². The van der Waals surface area contributed by atoms with Crippen LogP contribution in [-0.2, 0) is 9.59 Å². The summed E-state index contributed by atoms with van der Waals surface area (Å²) < 4.78 is 0. The first-order valence-corrected chi connectivity index (χ1v) is 12.3. The number of aryl methyl sites for hydroxylation is 3. The van der Waals surface area contributed by atoms with Crippen LogP contribution in [0.15, 0.2) is 48.7 Å². The Morgan fingerprint density at radius 3 is 2.39 bits per heavy atom. The topological polar surface area (TPSA) is 94.6 Å². The smallest absolute Gasteiger partial charge is 0.228 e. The van der Waals surface area contributed by atoms with Crippen molar-refractivity contribution in [2.45, 2.75) is 27.2 Å². The van der Waals surface area contributed by atoms with Crippen molar-refractivity contribution in [3.05, 3.63) is 65.6 Å². The first kappa shape index (κ1) is 23.7. The summed E-state index contributed by atoms with van der Waals surface area (Å²) >= 11 is 0. The predicted molar refractivity (Wildman–Crippen MR) is 139 cm³/mol. The molecule has 0 aliphatic carbocycles. The zero-order valence-electron chi connectivity index (χ0n) is 20.9. The Hall–Kier alpha value is -4.01. The van der Waals surface area contributed by atoms with Crippen molar-refractivity contribution in [3.8, 4) is 0 Å². The molecule has 2 fully saturated rings. The van der Waals surface area contributed by atoms with Crippen LogP contribution in [0.5, 0.6) is 0 Å². The molecule has 0 saturated carbocycles. The van der Waals surface area contributed by atoms with Gasteiger partial charge in [0.05, 0.1) is 5.92 Å². The van der Waals surface area contributed by atoms with E-state index in [9.17, 15) is 9.59 Å². The van der Waals surface area contributed by atoms with Gasteiger partial charge in [0.2, 0.25) is 11.8 Å². The molecule has 9 nitrogen and oxygen atoms in total. The lowest BCUT2D eigenvalue weighted by molar-refractivity contribution is -0.136. The second-order valence-corrected chi connectivity index (χ2v) is 9.56. The van der Waals surface area contributed by atoms with Crippen molar-refractivity contribution < 1.29 is 9.59 Å². The Morgan fingerprint density at radius 1 is 0.917 bits per heavy atom. The number of rotatable bonds is 5. The van der Waals surface area contributed by atoms with Gasteiger partial charge in [-0.1, -0.05) is 17.7 Å². The fourth-order valence-corrected chi connectivity index (χ4v) is 4.78. The van der Waals surface area contributed by atoms with Gasteiger partial charge < -0.3 is 20.0 Å². The Bertz CT molecular complexity index is 1270. The summed E-state index contributed by atoms with van der Waals surface area (Å²) in [5.41, 5.74) is 3.12. The first-order valence-electron chi connectivity index (χ1n) is 12.3. The quantitative estimate of drug-likeness (QED) is 0.593. The molecule has 2 aliphatic rings. The summed E-state index contributed by atoms with van der Waals surface area (Å²) in [6.45, 7) is 8.88. The molecule has 1 N–H and O–H groups in total. The minimum atomic E-state index is -0.302. The number of hydrogen-bond acceptors (Lipinski definition) is 7. The minimum Gasteiger partial charge on any atom is -0.353 e. The van der Waals surface area contributed by atoms with E-state index in [1.807, 2.05) is 68.1 Å². The zero-order valence-corrected chi connectivity index (χ0v) is 20.9. The van der Waals surface area contributed by atoms with Crippen molar-refractivity contribution in [1.82, 2.24) is 19.9 Å². The Balaban J connectivity index is 1.20. The number of carbonyl (C=O) groups excluding carboxylic acids is 2. The molecule has 0 radical (unpaired) electrons. The number of benzene rings is 1. The molecule has 3 aromatic rings. The van der Waals surface area contributed by atoms with E-state index < -0.39 is 0 Å². The highest BCUT2D eigenvalue weighted by atomic mass is 16.2. The number of nitrogens with one attached hydrogen (secondary N) is 1. The van der Waals surface area contributed by atoms with Crippen LogP contribution in [0.2, 0.25) is 0 Å². The average molecular weight is 486 g/mol. The van der Waals surface area contributed by atoms with E-state index in [1.165, 1.54) is 0 Å². The molecule has 186 valence electrons. The number of hydrogen-bond donors (Lipinski definition) is 1. The fraction of sp³-hybridized carbons (Fsp3) is 0.370. The van der Waals surface area contributed by atoms with Gasteiger partial charge in [-0.05, 0) is 50.6 Å². The van der Waals surface area contributed by atoms with Crippen LogP contribution in [0.4, 0.5) is 23.1 Å². The van der Waals surface area contributed by atoms with Crippen molar-refractivity contribution in [2.75, 3.05) is 47.8 Å². The van der Waals surface area contributed by atoms with E-state index >= 15 is 0 Å². The largest absolute Gasteiger partial charge is 0.353 e. The van der Waals surface area contributed by atoms with Gasteiger partial charge in [-0.25, -0.2) is 15.0 Å². The van der Waals surface area contributed by atoms with Gasteiger partial charge in [0.1, 0.15) is 23.3 Å². The monoisotopic (exact) mass is 485 g/mol. The van der Waals surface area contributed by atoms with E-state index in [1.54, 1.807) is 11.1 Å². The summed E-state index contributed by atoms with van der Waals surface area (Å²) in [6.07, 6.45) is 2.03. The fourth-order valence-electron chi connectivity index (χ4n) is 4.78. The van der Waals surface area contributed by atoms with Crippen LogP contribution >= 0.6 is 0 Å². The number of carbonyl (C=O) groups is 2. The molecule has 2 aromatic heterocycles. The molecule has 1 aromatic carbocycles. The van der Waals surface area contributed by atoms with Crippen LogP contribution in [-0.4, -0.2) is 64.4 Å². The van der Waals surface area contributed by atoms with Gasteiger partial charge in [0.15, 0.2) is 0 Å². The van der Waals surface area contributed by atoms with Crippen LogP contribution in [0, 0.1) is 26.7 Å².